The first-order chi connectivity index (χ1) is 8.60. The second-order valence-corrected chi connectivity index (χ2v) is 6.53. The molecular weight excluding hydrogens is 336 g/mol. The van der Waals surface area contributed by atoms with Crippen molar-refractivity contribution in [3.05, 3.63) is 49.6 Å². The smallest absolute Gasteiger partial charge is 0.124 e. The molecule has 96 valence electrons. The first-order valence-corrected chi connectivity index (χ1v) is 7.34. The third-order valence-electron chi connectivity index (χ3n) is 2.57. The van der Waals surface area contributed by atoms with E-state index in [0.717, 1.165) is 19.2 Å². The van der Waals surface area contributed by atoms with Gasteiger partial charge in [0.25, 0.3) is 0 Å². The quantitative estimate of drug-likeness (QED) is 0.885. The fourth-order valence-corrected chi connectivity index (χ4v) is 3.23. The number of hydrogen-bond acceptors (Lipinski definition) is 3. The lowest BCUT2D eigenvalue weighted by molar-refractivity contribution is 0.175. The molecule has 0 spiro atoms. The molecule has 2 nitrogen and oxygen atoms in total. The number of methoxy groups -OCH3 is 1. The number of hydrogen-bond donors (Lipinski definition) is 1. The number of ether oxygens (including phenoxy) is 1. The number of thiophene rings is 1. The van der Waals surface area contributed by atoms with E-state index in [-0.39, 0.29) is 0 Å². The van der Waals surface area contributed by atoms with Crippen molar-refractivity contribution in [3.63, 3.8) is 0 Å². The van der Waals surface area contributed by atoms with E-state index in [4.69, 9.17) is 16.3 Å². The molecule has 0 aliphatic heterocycles. The zero-order valence-corrected chi connectivity index (χ0v) is 12.8. The molecule has 0 saturated heterocycles. The summed E-state index contributed by atoms with van der Waals surface area (Å²) < 4.78 is 6.91. The minimum absolute atomic E-state index is 0.532. The summed E-state index contributed by atoms with van der Waals surface area (Å²) in [6.07, 6.45) is -0.0725. The van der Waals surface area contributed by atoms with Gasteiger partial charge in [0.05, 0.1) is 17.6 Å². The number of halogens is 2. The van der Waals surface area contributed by atoms with Gasteiger partial charge in [0, 0.05) is 21.3 Å². The molecule has 1 atom stereocenters. The largest absolute Gasteiger partial charge is 0.496 e. The Kier molecular flexibility index (Phi) is 4.67. The summed E-state index contributed by atoms with van der Waals surface area (Å²) in [7, 11) is 1.60. The average molecular weight is 348 g/mol. The maximum Gasteiger partial charge on any atom is 0.124 e. The van der Waals surface area contributed by atoms with Crippen LogP contribution < -0.4 is 4.74 Å². The van der Waals surface area contributed by atoms with Gasteiger partial charge in [-0.05, 0) is 30.3 Å². The number of aliphatic hydroxyl groups excluding tert-OH is 1. The van der Waals surface area contributed by atoms with Crippen molar-refractivity contribution in [1.29, 1.82) is 0 Å². The highest BCUT2D eigenvalue weighted by Gasteiger charge is 2.15. The van der Waals surface area contributed by atoms with Crippen LogP contribution in [-0.4, -0.2) is 12.2 Å². The highest BCUT2D eigenvalue weighted by molar-refractivity contribution is 9.10. The lowest BCUT2D eigenvalue weighted by Gasteiger charge is -2.14. The van der Waals surface area contributed by atoms with Crippen LogP contribution in [0, 0.1) is 0 Å². The summed E-state index contributed by atoms with van der Waals surface area (Å²) in [6.45, 7) is 0. The Balaban J connectivity index is 2.22. The van der Waals surface area contributed by atoms with Gasteiger partial charge in [-0.3, -0.25) is 0 Å². The van der Waals surface area contributed by atoms with Crippen LogP contribution in [0.15, 0.2) is 34.8 Å². The van der Waals surface area contributed by atoms with E-state index in [1.807, 2.05) is 30.3 Å². The minimum Gasteiger partial charge on any atom is -0.496 e. The number of aliphatic hydroxyl groups is 1. The molecule has 1 aromatic carbocycles. The standard InChI is InChI=1S/C13H12BrClO2S/c1-17-12-4-2-8(14)6-10(12)11(16)7-9-3-5-13(15)18-9/h2-6,11,16H,7H2,1H3. The minimum atomic E-state index is -0.604. The molecular formula is C13H12BrClO2S. The Morgan fingerprint density at radius 3 is 2.78 bits per heavy atom. The maximum absolute atomic E-state index is 10.3. The molecule has 2 rings (SSSR count). The first kappa shape index (κ1) is 13.9. The van der Waals surface area contributed by atoms with E-state index in [1.165, 1.54) is 11.3 Å². The molecule has 1 heterocycles. The highest BCUT2D eigenvalue weighted by Crippen LogP contribution is 2.32. The molecule has 0 radical (unpaired) electrons. The normalized spacial score (nSPS) is 12.4. The van der Waals surface area contributed by atoms with Crippen LogP contribution in [-0.2, 0) is 6.42 Å². The van der Waals surface area contributed by atoms with Crippen molar-refractivity contribution in [3.8, 4) is 5.75 Å². The number of rotatable bonds is 4. The predicted octanol–water partition coefficient (Wildman–Crippen LogP) is 4.45. The number of benzene rings is 1. The van der Waals surface area contributed by atoms with Crippen LogP contribution in [0.1, 0.15) is 16.5 Å². The summed E-state index contributed by atoms with van der Waals surface area (Å²) in [5, 5.41) is 10.3. The van der Waals surface area contributed by atoms with Crippen LogP contribution in [0.4, 0.5) is 0 Å². The van der Waals surface area contributed by atoms with Crippen molar-refractivity contribution >= 4 is 38.9 Å². The molecule has 1 unspecified atom stereocenters. The van der Waals surface area contributed by atoms with E-state index in [1.54, 1.807) is 7.11 Å². The summed E-state index contributed by atoms with van der Waals surface area (Å²) in [6, 6.07) is 9.37. The lowest BCUT2D eigenvalue weighted by atomic mass is 10.0. The van der Waals surface area contributed by atoms with Crippen LogP contribution in [0.25, 0.3) is 0 Å². The van der Waals surface area contributed by atoms with E-state index < -0.39 is 6.10 Å². The van der Waals surface area contributed by atoms with Gasteiger partial charge < -0.3 is 9.84 Å². The fourth-order valence-electron chi connectivity index (χ4n) is 1.73. The third-order valence-corrected chi connectivity index (χ3v) is 4.32. The molecule has 18 heavy (non-hydrogen) atoms. The van der Waals surface area contributed by atoms with Crippen LogP contribution in [0.3, 0.4) is 0 Å². The van der Waals surface area contributed by atoms with Gasteiger partial charge in [-0.15, -0.1) is 11.3 Å². The molecule has 2 aromatic rings. The topological polar surface area (TPSA) is 29.5 Å². The zero-order valence-electron chi connectivity index (χ0n) is 9.69. The molecule has 1 aromatic heterocycles. The van der Waals surface area contributed by atoms with Gasteiger partial charge in [0.2, 0.25) is 0 Å². The molecule has 0 amide bonds. The SMILES string of the molecule is COc1ccc(Br)cc1C(O)Cc1ccc(Cl)s1. The Morgan fingerprint density at radius 1 is 1.39 bits per heavy atom. The van der Waals surface area contributed by atoms with Gasteiger partial charge in [-0.25, -0.2) is 0 Å². The van der Waals surface area contributed by atoms with Crippen LogP contribution in [0.5, 0.6) is 5.75 Å². The van der Waals surface area contributed by atoms with Gasteiger partial charge in [0.1, 0.15) is 5.75 Å². The van der Waals surface area contributed by atoms with Crippen LogP contribution >= 0.6 is 38.9 Å². The fraction of sp³-hybridized carbons (Fsp3) is 0.231. The summed E-state index contributed by atoms with van der Waals surface area (Å²) in [5.41, 5.74) is 0.774. The molecule has 0 bridgehead atoms. The van der Waals surface area contributed by atoms with E-state index in [9.17, 15) is 5.11 Å². The molecule has 5 heteroatoms. The predicted molar refractivity (Wildman–Crippen MR) is 78.7 cm³/mol. The summed E-state index contributed by atoms with van der Waals surface area (Å²) >= 11 is 10.8. The van der Waals surface area contributed by atoms with Gasteiger partial charge >= 0.3 is 0 Å². The van der Waals surface area contributed by atoms with Crippen molar-refractivity contribution in [1.82, 2.24) is 0 Å². The van der Waals surface area contributed by atoms with E-state index in [2.05, 4.69) is 15.9 Å². The van der Waals surface area contributed by atoms with Crippen molar-refractivity contribution in [2.75, 3.05) is 7.11 Å². The molecule has 1 N–H and O–H groups in total. The second-order valence-electron chi connectivity index (χ2n) is 3.81. The third kappa shape index (κ3) is 3.26. The Morgan fingerprint density at radius 2 is 2.17 bits per heavy atom. The molecule has 0 aliphatic carbocycles. The zero-order chi connectivity index (χ0) is 13.1. The van der Waals surface area contributed by atoms with Crippen molar-refractivity contribution in [2.45, 2.75) is 12.5 Å². The van der Waals surface area contributed by atoms with E-state index >= 15 is 0 Å². The van der Waals surface area contributed by atoms with Gasteiger partial charge in [-0.2, -0.15) is 0 Å². The van der Waals surface area contributed by atoms with Gasteiger partial charge in [-0.1, -0.05) is 27.5 Å². The van der Waals surface area contributed by atoms with Crippen molar-refractivity contribution < 1.29 is 9.84 Å². The molecule has 0 fully saturated rings. The Bertz CT molecular complexity index is 542. The first-order valence-electron chi connectivity index (χ1n) is 5.36. The molecule has 0 aliphatic rings. The van der Waals surface area contributed by atoms with Crippen LogP contribution in [0.2, 0.25) is 4.34 Å². The second kappa shape index (κ2) is 6.06. The molecule has 0 saturated carbocycles. The van der Waals surface area contributed by atoms with E-state index in [0.29, 0.717) is 12.2 Å². The monoisotopic (exact) mass is 346 g/mol. The highest BCUT2D eigenvalue weighted by atomic mass is 79.9. The van der Waals surface area contributed by atoms with Gasteiger partial charge in [0.15, 0.2) is 0 Å². The Hall–Kier alpha value is -0.550. The summed E-state index contributed by atoms with van der Waals surface area (Å²) in [4.78, 5) is 1.05. The van der Waals surface area contributed by atoms with Crippen molar-refractivity contribution in [2.24, 2.45) is 0 Å². The lowest BCUT2D eigenvalue weighted by Crippen LogP contribution is -2.03. The maximum atomic E-state index is 10.3. The summed E-state index contributed by atoms with van der Waals surface area (Å²) in [5.74, 6) is 0.688. The average Bonchev–Trinajstić information content (AvgIpc) is 2.74. The Labute approximate surface area is 123 Å².